The molecule has 3 rings (SSSR count). The van der Waals surface area contributed by atoms with Crippen LogP contribution < -0.4 is 4.74 Å². The second-order valence-electron chi connectivity index (χ2n) is 5.05. The Labute approximate surface area is 138 Å². The fourth-order valence-electron chi connectivity index (χ4n) is 2.20. The van der Waals surface area contributed by atoms with Crippen LogP contribution in [0.25, 0.3) is 11.3 Å². The van der Waals surface area contributed by atoms with Gasteiger partial charge in [0, 0.05) is 23.6 Å². The Bertz CT molecular complexity index is 751. The minimum atomic E-state index is 0.224. The highest BCUT2D eigenvalue weighted by molar-refractivity contribution is 7.09. The molecule has 1 aromatic carbocycles. The van der Waals surface area contributed by atoms with Crippen molar-refractivity contribution in [1.29, 1.82) is 0 Å². The van der Waals surface area contributed by atoms with Crippen molar-refractivity contribution in [3.63, 3.8) is 0 Å². The molecule has 2 aromatic heterocycles. The number of nitrogens with zero attached hydrogens (tertiary/aromatic N) is 3. The largest absolute Gasteiger partial charge is 0.497 e. The minimum absolute atomic E-state index is 0.224. The molecular weight excluding hydrogens is 318 g/mol. The van der Waals surface area contributed by atoms with Crippen LogP contribution in [-0.2, 0) is 6.42 Å². The maximum Gasteiger partial charge on any atom is 0.118 e. The molecule has 0 bridgehead atoms. The van der Waals surface area contributed by atoms with Crippen LogP contribution >= 0.6 is 22.9 Å². The molecule has 0 saturated carbocycles. The molecule has 0 radical (unpaired) electrons. The maximum absolute atomic E-state index is 5.91. The third-order valence-electron chi connectivity index (χ3n) is 3.43. The Morgan fingerprint density at radius 2 is 2.09 bits per heavy atom. The molecule has 0 amide bonds. The van der Waals surface area contributed by atoms with E-state index in [4.69, 9.17) is 21.3 Å². The number of methoxy groups -OCH3 is 1. The molecule has 6 heteroatoms. The Morgan fingerprint density at radius 1 is 1.32 bits per heavy atom. The topological polar surface area (TPSA) is 39.9 Å². The van der Waals surface area contributed by atoms with Crippen molar-refractivity contribution in [3.05, 3.63) is 52.1 Å². The molecular formula is C16H16ClN3OS. The summed E-state index contributed by atoms with van der Waals surface area (Å²) in [6.45, 7) is 2.11. The molecule has 22 heavy (non-hydrogen) atoms. The molecule has 0 saturated heterocycles. The van der Waals surface area contributed by atoms with E-state index in [1.165, 1.54) is 0 Å². The van der Waals surface area contributed by atoms with Crippen LogP contribution in [-0.4, -0.2) is 21.9 Å². The first-order chi connectivity index (χ1) is 10.7. The molecule has 4 nitrogen and oxygen atoms in total. The Kier molecular flexibility index (Phi) is 4.45. The number of aromatic nitrogens is 3. The van der Waals surface area contributed by atoms with Gasteiger partial charge in [-0.1, -0.05) is 11.6 Å². The standard InChI is InChI=1S/C16H16ClN3OS/c1-11(20-9-13(17)8-18-20)7-16-19-15(10-22-16)12-3-5-14(21-2)6-4-12/h3-6,8-11H,7H2,1-2H3/t11-/m1/s1. The molecule has 0 fully saturated rings. The van der Waals surface area contributed by atoms with E-state index in [0.717, 1.165) is 28.4 Å². The number of thiazole rings is 1. The number of benzene rings is 1. The van der Waals surface area contributed by atoms with Crippen LogP contribution in [0, 0.1) is 0 Å². The van der Waals surface area contributed by atoms with Crippen molar-refractivity contribution >= 4 is 22.9 Å². The lowest BCUT2D eigenvalue weighted by Crippen LogP contribution is -2.08. The van der Waals surface area contributed by atoms with E-state index in [0.29, 0.717) is 5.02 Å². The number of hydrogen-bond acceptors (Lipinski definition) is 4. The van der Waals surface area contributed by atoms with Gasteiger partial charge in [0.15, 0.2) is 0 Å². The molecule has 0 N–H and O–H groups in total. The zero-order chi connectivity index (χ0) is 15.5. The highest BCUT2D eigenvalue weighted by Gasteiger charge is 2.11. The van der Waals surface area contributed by atoms with Gasteiger partial charge in [0.05, 0.1) is 35.1 Å². The van der Waals surface area contributed by atoms with Crippen molar-refractivity contribution in [1.82, 2.24) is 14.8 Å². The average Bonchev–Trinajstić information content (AvgIpc) is 3.16. The van der Waals surface area contributed by atoms with E-state index in [1.54, 1.807) is 24.6 Å². The third kappa shape index (κ3) is 3.31. The zero-order valence-corrected chi connectivity index (χ0v) is 13.9. The zero-order valence-electron chi connectivity index (χ0n) is 12.4. The van der Waals surface area contributed by atoms with Gasteiger partial charge >= 0.3 is 0 Å². The highest BCUT2D eigenvalue weighted by Crippen LogP contribution is 2.26. The van der Waals surface area contributed by atoms with Gasteiger partial charge in [-0.05, 0) is 31.2 Å². The number of ether oxygens (including phenoxy) is 1. The number of hydrogen-bond donors (Lipinski definition) is 0. The molecule has 0 aliphatic heterocycles. The lowest BCUT2D eigenvalue weighted by Gasteiger charge is -2.09. The summed E-state index contributed by atoms with van der Waals surface area (Å²) in [5.41, 5.74) is 2.09. The molecule has 1 atom stereocenters. The highest BCUT2D eigenvalue weighted by atomic mass is 35.5. The van der Waals surface area contributed by atoms with Gasteiger partial charge in [-0.15, -0.1) is 11.3 Å². The van der Waals surface area contributed by atoms with Gasteiger partial charge in [-0.3, -0.25) is 4.68 Å². The average molecular weight is 334 g/mol. The summed E-state index contributed by atoms with van der Waals surface area (Å²) in [7, 11) is 1.67. The fourth-order valence-corrected chi connectivity index (χ4v) is 3.27. The predicted molar refractivity (Wildman–Crippen MR) is 89.8 cm³/mol. The van der Waals surface area contributed by atoms with Crippen molar-refractivity contribution in [2.45, 2.75) is 19.4 Å². The summed E-state index contributed by atoms with van der Waals surface area (Å²) in [5.74, 6) is 0.850. The van der Waals surface area contributed by atoms with E-state index in [2.05, 4.69) is 17.4 Å². The van der Waals surface area contributed by atoms with Crippen molar-refractivity contribution < 1.29 is 4.74 Å². The van der Waals surface area contributed by atoms with Gasteiger partial charge in [0.1, 0.15) is 5.75 Å². The summed E-state index contributed by atoms with van der Waals surface area (Å²) in [5, 5.41) is 8.07. The summed E-state index contributed by atoms with van der Waals surface area (Å²) >= 11 is 7.58. The van der Waals surface area contributed by atoms with Crippen LogP contribution in [0.1, 0.15) is 18.0 Å². The van der Waals surface area contributed by atoms with Crippen LogP contribution in [0.2, 0.25) is 5.02 Å². The Balaban J connectivity index is 1.72. The van der Waals surface area contributed by atoms with Gasteiger partial charge in [-0.2, -0.15) is 5.10 Å². The van der Waals surface area contributed by atoms with Crippen LogP contribution in [0.3, 0.4) is 0 Å². The summed E-state index contributed by atoms with van der Waals surface area (Å²) in [4.78, 5) is 4.71. The first kappa shape index (κ1) is 15.1. The van der Waals surface area contributed by atoms with Gasteiger partial charge in [0.25, 0.3) is 0 Å². The molecule has 3 aromatic rings. The van der Waals surface area contributed by atoms with Gasteiger partial charge < -0.3 is 4.74 Å². The molecule has 0 spiro atoms. The summed E-state index contributed by atoms with van der Waals surface area (Å²) < 4.78 is 7.05. The van der Waals surface area contributed by atoms with Crippen molar-refractivity contribution in [2.24, 2.45) is 0 Å². The first-order valence-electron chi connectivity index (χ1n) is 6.94. The molecule has 0 aliphatic carbocycles. The SMILES string of the molecule is COc1ccc(-c2csc(C[C@@H](C)n3cc(Cl)cn3)n2)cc1. The second kappa shape index (κ2) is 6.50. The third-order valence-corrected chi connectivity index (χ3v) is 4.50. The Hall–Kier alpha value is -1.85. The monoisotopic (exact) mass is 333 g/mol. The normalized spacial score (nSPS) is 12.3. The molecule has 0 aliphatic rings. The quantitative estimate of drug-likeness (QED) is 0.691. The Morgan fingerprint density at radius 3 is 2.73 bits per heavy atom. The van der Waals surface area contributed by atoms with Gasteiger partial charge in [-0.25, -0.2) is 4.98 Å². The first-order valence-corrected chi connectivity index (χ1v) is 8.20. The minimum Gasteiger partial charge on any atom is -0.497 e. The lowest BCUT2D eigenvalue weighted by atomic mass is 10.2. The van der Waals surface area contributed by atoms with E-state index >= 15 is 0 Å². The maximum atomic E-state index is 5.91. The van der Waals surface area contributed by atoms with Gasteiger partial charge in [0.2, 0.25) is 0 Å². The fraction of sp³-hybridized carbons (Fsp3) is 0.250. The lowest BCUT2D eigenvalue weighted by molar-refractivity contribution is 0.415. The van der Waals surface area contributed by atoms with E-state index < -0.39 is 0 Å². The molecule has 0 unspecified atom stereocenters. The van der Waals surface area contributed by atoms with Crippen LogP contribution in [0.15, 0.2) is 42.0 Å². The number of halogens is 1. The van der Waals surface area contributed by atoms with Crippen LogP contribution in [0.5, 0.6) is 5.75 Å². The van der Waals surface area contributed by atoms with Crippen LogP contribution in [0.4, 0.5) is 0 Å². The summed E-state index contributed by atoms with van der Waals surface area (Å²) in [6, 6.07) is 8.16. The van der Waals surface area contributed by atoms with Crippen molar-refractivity contribution in [2.75, 3.05) is 7.11 Å². The molecule has 114 valence electrons. The molecule has 2 heterocycles. The van der Waals surface area contributed by atoms with E-state index in [1.807, 2.05) is 35.1 Å². The smallest absolute Gasteiger partial charge is 0.118 e. The predicted octanol–water partition coefficient (Wildman–Crippen LogP) is 4.47. The van der Waals surface area contributed by atoms with E-state index in [9.17, 15) is 0 Å². The van der Waals surface area contributed by atoms with E-state index in [-0.39, 0.29) is 6.04 Å². The van der Waals surface area contributed by atoms with Crippen molar-refractivity contribution in [3.8, 4) is 17.0 Å². The number of rotatable bonds is 5. The summed E-state index contributed by atoms with van der Waals surface area (Å²) in [6.07, 6.45) is 4.33. The second-order valence-corrected chi connectivity index (χ2v) is 6.43.